The molecule has 0 N–H and O–H groups in total. The number of hydrogen-bond acceptors (Lipinski definition) is 3. The van der Waals surface area contributed by atoms with Crippen molar-refractivity contribution in [2.75, 3.05) is 18.6 Å². The second-order valence-corrected chi connectivity index (χ2v) is 6.98. The first-order valence-electron chi connectivity index (χ1n) is 6.18. The summed E-state index contributed by atoms with van der Waals surface area (Å²) in [4.78, 5) is 13.5. The van der Waals surface area contributed by atoms with Crippen molar-refractivity contribution in [3.05, 3.63) is 42.0 Å². The molecule has 0 spiro atoms. The van der Waals surface area contributed by atoms with E-state index in [4.69, 9.17) is 0 Å². The third-order valence-electron chi connectivity index (χ3n) is 3.32. The van der Waals surface area contributed by atoms with Gasteiger partial charge in [0.05, 0.1) is 11.5 Å². The summed E-state index contributed by atoms with van der Waals surface area (Å²) in [6.45, 7) is 0. The predicted octanol–water partition coefficient (Wildman–Crippen LogP) is 1.35. The Balaban J connectivity index is 1.99. The lowest BCUT2D eigenvalue weighted by Crippen LogP contribution is -2.36. The van der Waals surface area contributed by atoms with Crippen LogP contribution in [-0.4, -0.2) is 43.8 Å². The van der Waals surface area contributed by atoms with Crippen LogP contribution in [0.2, 0.25) is 0 Å². The summed E-state index contributed by atoms with van der Waals surface area (Å²) in [6.07, 6.45) is 3.76. The molecule has 5 heteroatoms. The molecule has 1 atom stereocenters. The van der Waals surface area contributed by atoms with Gasteiger partial charge >= 0.3 is 0 Å². The minimum Gasteiger partial charge on any atom is -0.338 e. The highest BCUT2D eigenvalue weighted by Crippen LogP contribution is 2.17. The molecule has 0 aromatic heterocycles. The van der Waals surface area contributed by atoms with E-state index in [9.17, 15) is 13.2 Å². The second-order valence-electron chi connectivity index (χ2n) is 4.75. The average Bonchev–Trinajstić information content (AvgIpc) is 2.76. The van der Waals surface area contributed by atoms with Gasteiger partial charge in [0.25, 0.3) is 0 Å². The highest BCUT2D eigenvalue weighted by Gasteiger charge is 2.31. The van der Waals surface area contributed by atoms with Crippen molar-refractivity contribution in [2.45, 2.75) is 12.5 Å². The van der Waals surface area contributed by atoms with E-state index in [1.54, 1.807) is 13.1 Å². The van der Waals surface area contributed by atoms with E-state index in [1.807, 2.05) is 30.3 Å². The van der Waals surface area contributed by atoms with Crippen LogP contribution in [0.1, 0.15) is 12.0 Å². The average molecular weight is 279 g/mol. The first kappa shape index (κ1) is 13.8. The minimum absolute atomic E-state index is 0.0778. The number of carbonyl (C=O) groups is 1. The summed E-state index contributed by atoms with van der Waals surface area (Å²) in [6, 6.07) is 9.33. The molecule has 1 heterocycles. The number of amides is 1. The van der Waals surface area contributed by atoms with Gasteiger partial charge in [-0.15, -0.1) is 0 Å². The van der Waals surface area contributed by atoms with Gasteiger partial charge in [-0.2, -0.15) is 0 Å². The molecule has 19 heavy (non-hydrogen) atoms. The van der Waals surface area contributed by atoms with Crippen molar-refractivity contribution < 1.29 is 13.2 Å². The molecule has 1 saturated heterocycles. The zero-order valence-electron chi connectivity index (χ0n) is 10.8. The Morgan fingerprint density at radius 3 is 2.58 bits per heavy atom. The van der Waals surface area contributed by atoms with Crippen molar-refractivity contribution in [1.82, 2.24) is 4.90 Å². The molecule has 0 aliphatic carbocycles. The van der Waals surface area contributed by atoms with E-state index in [0.29, 0.717) is 6.42 Å². The number of carbonyl (C=O) groups excluding carboxylic acids is 1. The summed E-state index contributed by atoms with van der Waals surface area (Å²) >= 11 is 0. The molecule has 1 aromatic rings. The van der Waals surface area contributed by atoms with Crippen LogP contribution in [0.15, 0.2) is 36.4 Å². The van der Waals surface area contributed by atoms with Gasteiger partial charge in [0, 0.05) is 19.2 Å². The summed E-state index contributed by atoms with van der Waals surface area (Å²) < 4.78 is 22.8. The molecule has 0 saturated carbocycles. The number of hydrogen-bond donors (Lipinski definition) is 0. The van der Waals surface area contributed by atoms with Gasteiger partial charge < -0.3 is 4.90 Å². The lowest BCUT2D eigenvalue weighted by Gasteiger charge is -2.21. The Morgan fingerprint density at radius 1 is 1.32 bits per heavy atom. The molecule has 0 unspecified atom stereocenters. The van der Waals surface area contributed by atoms with E-state index >= 15 is 0 Å². The molecule has 2 rings (SSSR count). The number of likely N-dealkylation sites (N-methyl/N-ethyl adjacent to an activating group) is 1. The predicted molar refractivity (Wildman–Crippen MR) is 75.3 cm³/mol. The van der Waals surface area contributed by atoms with Gasteiger partial charge in [0.1, 0.15) is 0 Å². The number of sulfone groups is 1. The number of rotatable bonds is 3. The van der Waals surface area contributed by atoms with Crippen molar-refractivity contribution in [2.24, 2.45) is 0 Å². The SMILES string of the molecule is CN(C(=O)/C=C/c1ccccc1)[C@@H]1CCS(=O)(=O)C1. The van der Waals surface area contributed by atoms with Crippen LogP contribution in [0.25, 0.3) is 6.08 Å². The molecule has 4 nitrogen and oxygen atoms in total. The van der Waals surface area contributed by atoms with Crippen LogP contribution >= 0.6 is 0 Å². The maximum atomic E-state index is 12.0. The first-order valence-corrected chi connectivity index (χ1v) is 8.00. The molecule has 1 amide bonds. The highest BCUT2D eigenvalue weighted by atomic mass is 32.2. The summed E-state index contributed by atoms with van der Waals surface area (Å²) in [5.74, 6) is 0.0949. The lowest BCUT2D eigenvalue weighted by molar-refractivity contribution is -0.126. The van der Waals surface area contributed by atoms with E-state index in [-0.39, 0.29) is 23.5 Å². The third kappa shape index (κ3) is 3.67. The van der Waals surface area contributed by atoms with E-state index in [2.05, 4.69) is 0 Å². The lowest BCUT2D eigenvalue weighted by atomic mass is 10.2. The second kappa shape index (κ2) is 5.57. The van der Waals surface area contributed by atoms with E-state index in [0.717, 1.165) is 5.56 Å². The Hall–Kier alpha value is -1.62. The molecule has 102 valence electrons. The molecule has 0 radical (unpaired) electrons. The van der Waals surface area contributed by atoms with Crippen LogP contribution in [0.3, 0.4) is 0 Å². The van der Waals surface area contributed by atoms with Gasteiger partial charge in [0.2, 0.25) is 5.91 Å². The minimum atomic E-state index is -2.96. The quantitative estimate of drug-likeness (QED) is 0.785. The van der Waals surface area contributed by atoms with Crippen molar-refractivity contribution in [1.29, 1.82) is 0 Å². The molecule has 1 aliphatic heterocycles. The fourth-order valence-corrected chi connectivity index (χ4v) is 3.88. The zero-order chi connectivity index (χ0) is 13.9. The zero-order valence-corrected chi connectivity index (χ0v) is 11.6. The molecule has 1 aromatic carbocycles. The van der Waals surface area contributed by atoms with Gasteiger partial charge in [-0.05, 0) is 18.1 Å². The Kier molecular flexibility index (Phi) is 4.04. The third-order valence-corrected chi connectivity index (χ3v) is 5.07. The summed E-state index contributed by atoms with van der Waals surface area (Å²) in [5, 5.41) is 0. The van der Waals surface area contributed by atoms with Gasteiger partial charge in [-0.1, -0.05) is 30.3 Å². The Labute approximate surface area is 113 Å². The fraction of sp³-hybridized carbons (Fsp3) is 0.357. The summed E-state index contributed by atoms with van der Waals surface area (Å²) in [7, 11) is -1.30. The molecule has 0 bridgehead atoms. The van der Waals surface area contributed by atoms with Crippen LogP contribution in [0, 0.1) is 0 Å². The topological polar surface area (TPSA) is 54.5 Å². The maximum Gasteiger partial charge on any atom is 0.246 e. The molecular weight excluding hydrogens is 262 g/mol. The maximum absolute atomic E-state index is 12.0. The van der Waals surface area contributed by atoms with E-state index < -0.39 is 9.84 Å². The van der Waals surface area contributed by atoms with E-state index in [1.165, 1.54) is 11.0 Å². The standard InChI is InChI=1S/C14H17NO3S/c1-15(13-9-10-19(17,18)11-13)14(16)8-7-12-5-3-2-4-6-12/h2-8,13H,9-11H2,1H3/b8-7+/t13-/m1/s1. The van der Waals surface area contributed by atoms with Crippen molar-refractivity contribution >= 4 is 21.8 Å². The van der Waals surface area contributed by atoms with Crippen molar-refractivity contribution in [3.8, 4) is 0 Å². The fourth-order valence-electron chi connectivity index (χ4n) is 2.11. The van der Waals surface area contributed by atoms with Gasteiger partial charge in [0.15, 0.2) is 9.84 Å². The Bertz CT molecular complexity index is 578. The van der Waals surface area contributed by atoms with Gasteiger partial charge in [-0.3, -0.25) is 4.79 Å². The number of nitrogens with zero attached hydrogens (tertiary/aromatic N) is 1. The van der Waals surface area contributed by atoms with Gasteiger partial charge in [-0.25, -0.2) is 8.42 Å². The number of benzene rings is 1. The largest absolute Gasteiger partial charge is 0.338 e. The monoisotopic (exact) mass is 279 g/mol. The van der Waals surface area contributed by atoms with Crippen LogP contribution in [0.5, 0.6) is 0 Å². The molecule has 1 aliphatic rings. The first-order chi connectivity index (χ1) is 8.98. The molecular formula is C14H17NO3S. The summed E-state index contributed by atoms with van der Waals surface area (Å²) in [5.41, 5.74) is 0.947. The van der Waals surface area contributed by atoms with Crippen LogP contribution < -0.4 is 0 Å². The molecule has 1 fully saturated rings. The van der Waals surface area contributed by atoms with Crippen molar-refractivity contribution in [3.63, 3.8) is 0 Å². The Morgan fingerprint density at radius 2 is 2.00 bits per heavy atom. The highest BCUT2D eigenvalue weighted by molar-refractivity contribution is 7.91. The normalized spacial score (nSPS) is 21.6. The van der Waals surface area contributed by atoms with Crippen LogP contribution in [-0.2, 0) is 14.6 Å². The smallest absolute Gasteiger partial charge is 0.246 e. The van der Waals surface area contributed by atoms with Crippen LogP contribution in [0.4, 0.5) is 0 Å².